The Morgan fingerprint density at radius 3 is 2.52 bits per heavy atom. The molecule has 2 aromatic rings. The zero-order valence-corrected chi connectivity index (χ0v) is 16.8. The molecule has 0 radical (unpaired) electrons. The van der Waals surface area contributed by atoms with Crippen molar-refractivity contribution < 1.29 is 18.1 Å². The highest BCUT2D eigenvalue weighted by Crippen LogP contribution is 2.30. The zero-order chi connectivity index (χ0) is 21.0. The van der Waals surface area contributed by atoms with E-state index in [0.717, 1.165) is 5.56 Å². The number of non-ortho nitro benzene ring substituents is 1. The van der Waals surface area contributed by atoms with E-state index >= 15 is 0 Å². The van der Waals surface area contributed by atoms with Crippen molar-refractivity contribution in [2.45, 2.75) is 13.3 Å². The normalized spacial score (nSPS) is 14.2. The maximum atomic E-state index is 12.7. The number of hydrogen-bond donors (Lipinski definition) is 0. The van der Waals surface area contributed by atoms with E-state index in [-0.39, 0.29) is 36.2 Å². The molecule has 0 spiro atoms. The van der Waals surface area contributed by atoms with Crippen LogP contribution in [-0.2, 0) is 14.6 Å². The summed E-state index contributed by atoms with van der Waals surface area (Å²) in [7, 11) is -3.30. The molecule has 0 fully saturated rings. The number of amides is 1. The summed E-state index contributed by atoms with van der Waals surface area (Å²) >= 11 is 0. The molecule has 0 bridgehead atoms. The van der Waals surface area contributed by atoms with Crippen LogP contribution in [0.5, 0.6) is 0 Å². The van der Waals surface area contributed by atoms with E-state index in [4.69, 9.17) is 0 Å². The lowest BCUT2D eigenvalue weighted by Crippen LogP contribution is -2.37. The number of carbonyl (C=O) groups is 1. The Labute approximate surface area is 168 Å². The van der Waals surface area contributed by atoms with Gasteiger partial charge in [-0.15, -0.1) is 0 Å². The molecule has 0 N–H and O–H groups in total. The molecule has 0 unspecified atom stereocenters. The number of aliphatic imine (C=N–C) groups is 1. The predicted molar refractivity (Wildman–Crippen MR) is 111 cm³/mol. The number of fused-ring (bicyclic) bond motifs is 1. The molecule has 1 amide bonds. The molecule has 3 rings (SSSR count). The van der Waals surface area contributed by atoms with E-state index in [1.807, 2.05) is 30.3 Å². The van der Waals surface area contributed by atoms with Crippen molar-refractivity contribution in [3.05, 3.63) is 69.8 Å². The third-order valence-electron chi connectivity index (χ3n) is 4.60. The minimum Gasteiger partial charge on any atom is -0.309 e. The molecule has 1 heterocycles. The lowest BCUT2D eigenvalue weighted by molar-refractivity contribution is -0.384. The molecule has 2 aromatic carbocycles. The molecule has 9 heteroatoms. The van der Waals surface area contributed by atoms with Crippen LogP contribution in [0.15, 0.2) is 53.5 Å². The first-order chi connectivity index (χ1) is 13.8. The van der Waals surface area contributed by atoms with Gasteiger partial charge in [0.25, 0.3) is 5.69 Å². The zero-order valence-electron chi connectivity index (χ0n) is 15.9. The number of benzodiazepines with no additional fused rings is 1. The highest BCUT2D eigenvalue weighted by atomic mass is 32.2. The summed E-state index contributed by atoms with van der Waals surface area (Å²) in [6.45, 7) is 1.59. The Bertz CT molecular complexity index is 1060. The fourth-order valence-electron chi connectivity index (χ4n) is 3.25. The molecule has 1 aliphatic heterocycles. The van der Waals surface area contributed by atoms with Gasteiger partial charge in [0.1, 0.15) is 6.54 Å². The second-order valence-corrected chi connectivity index (χ2v) is 8.99. The van der Waals surface area contributed by atoms with Crippen LogP contribution in [0.1, 0.15) is 24.5 Å². The van der Waals surface area contributed by atoms with Gasteiger partial charge in [-0.2, -0.15) is 0 Å². The van der Waals surface area contributed by atoms with E-state index in [1.54, 1.807) is 6.92 Å². The topological polar surface area (TPSA) is 110 Å². The summed E-state index contributed by atoms with van der Waals surface area (Å²) in [5, 5.41) is 11.3. The molecule has 0 aromatic heterocycles. The molecule has 0 saturated heterocycles. The quantitative estimate of drug-likeness (QED) is 0.510. The summed E-state index contributed by atoms with van der Waals surface area (Å²) in [5.74, 6) is -0.477. The SMILES string of the molecule is CCCS(=O)(=O)CCN1C(=O)CN=C(c2ccccc2)c2cc([N+](=O)[O-])ccc21. The highest BCUT2D eigenvalue weighted by molar-refractivity contribution is 7.91. The molecule has 0 aliphatic carbocycles. The van der Waals surface area contributed by atoms with Gasteiger partial charge in [0, 0.05) is 35.6 Å². The third kappa shape index (κ3) is 4.68. The van der Waals surface area contributed by atoms with Gasteiger partial charge >= 0.3 is 0 Å². The standard InChI is InChI=1S/C20H21N3O5S/c1-2-11-29(27,28)12-10-22-18-9-8-16(23(25)26)13-17(18)20(21-14-19(22)24)15-6-4-3-5-7-15/h3-9,13H,2,10-12,14H2,1H3. The number of anilines is 1. The molecule has 29 heavy (non-hydrogen) atoms. The van der Waals surface area contributed by atoms with Crippen molar-refractivity contribution >= 4 is 32.8 Å². The van der Waals surface area contributed by atoms with Gasteiger partial charge in [0.2, 0.25) is 5.91 Å². The third-order valence-corrected chi connectivity index (χ3v) is 6.43. The van der Waals surface area contributed by atoms with Crippen LogP contribution in [0.4, 0.5) is 11.4 Å². The first-order valence-corrected chi connectivity index (χ1v) is 11.0. The van der Waals surface area contributed by atoms with Crippen LogP contribution < -0.4 is 4.90 Å². The van der Waals surface area contributed by atoms with Crippen LogP contribution >= 0.6 is 0 Å². The largest absolute Gasteiger partial charge is 0.309 e. The Kier molecular flexibility index (Phi) is 6.07. The summed E-state index contributed by atoms with van der Waals surface area (Å²) < 4.78 is 24.3. The van der Waals surface area contributed by atoms with Gasteiger partial charge in [0.05, 0.1) is 22.1 Å². The van der Waals surface area contributed by atoms with Crippen LogP contribution in [0.2, 0.25) is 0 Å². The summed E-state index contributed by atoms with van der Waals surface area (Å²) in [6.07, 6.45) is 0.500. The molecule has 152 valence electrons. The average Bonchev–Trinajstić information content (AvgIpc) is 2.82. The number of nitrogens with zero attached hydrogens (tertiary/aromatic N) is 3. The Hall–Kier alpha value is -3.07. The van der Waals surface area contributed by atoms with Crippen LogP contribution in [0.25, 0.3) is 0 Å². The van der Waals surface area contributed by atoms with Crippen LogP contribution in [0.3, 0.4) is 0 Å². The number of sulfone groups is 1. The number of benzene rings is 2. The van der Waals surface area contributed by atoms with Crippen molar-refractivity contribution in [3.8, 4) is 0 Å². The number of hydrogen-bond acceptors (Lipinski definition) is 6. The smallest absolute Gasteiger partial charge is 0.270 e. The van der Waals surface area contributed by atoms with Crippen molar-refractivity contribution in [2.75, 3.05) is 29.5 Å². The molecule has 8 nitrogen and oxygen atoms in total. The minimum atomic E-state index is -3.30. The summed E-state index contributed by atoms with van der Waals surface area (Å²) in [4.78, 5) is 29.3. The van der Waals surface area contributed by atoms with E-state index < -0.39 is 14.8 Å². The van der Waals surface area contributed by atoms with Gasteiger partial charge in [-0.05, 0) is 12.5 Å². The van der Waals surface area contributed by atoms with Crippen molar-refractivity contribution in [1.82, 2.24) is 0 Å². The Morgan fingerprint density at radius 1 is 1.14 bits per heavy atom. The van der Waals surface area contributed by atoms with E-state index in [0.29, 0.717) is 23.4 Å². The van der Waals surface area contributed by atoms with Crippen LogP contribution in [-0.4, -0.2) is 49.6 Å². The van der Waals surface area contributed by atoms with Crippen molar-refractivity contribution in [3.63, 3.8) is 0 Å². The Balaban J connectivity index is 2.07. The lowest BCUT2D eigenvalue weighted by atomic mass is 9.99. The van der Waals surface area contributed by atoms with Gasteiger partial charge in [-0.25, -0.2) is 8.42 Å². The van der Waals surface area contributed by atoms with E-state index in [2.05, 4.69) is 4.99 Å². The fourth-order valence-corrected chi connectivity index (χ4v) is 4.53. The minimum absolute atomic E-state index is 0.0242. The Morgan fingerprint density at radius 2 is 1.86 bits per heavy atom. The number of carbonyl (C=O) groups excluding carboxylic acids is 1. The van der Waals surface area contributed by atoms with Gasteiger partial charge in [0.15, 0.2) is 9.84 Å². The predicted octanol–water partition coefficient (Wildman–Crippen LogP) is 2.60. The van der Waals surface area contributed by atoms with Gasteiger partial charge in [-0.3, -0.25) is 19.9 Å². The summed E-state index contributed by atoms with van der Waals surface area (Å²) in [5.41, 5.74) is 1.93. The van der Waals surface area contributed by atoms with Crippen molar-refractivity contribution in [1.29, 1.82) is 0 Å². The average molecular weight is 415 g/mol. The maximum absolute atomic E-state index is 12.7. The number of rotatable bonds is 7. The maximum Gasteiger partial charge on any atom is 0.270 e. The molecular weight excluding hydrogens is 394 g/mol. The highest BCUT2D eigenvalue weighted by Gasteiger charge is 2.28. The molecule has 1 aliphatic rings. The van der Waals surface area contributed by atoms with E-state index in [9.17, 15) is 23.3 Å². The first kappa shape index (κ1) is 20.7. The molecule has 0 atom stereocenters. The second kappa shape index (κ2) is 8.52. The molecular formula is C20H21N3O5S. The number of nitro benzene ring substituents is 1. The first-order valence-electron chi connectivity index (χ1n) is 9.22. The van der Waals surface area contributed by atoms with Gasteiger partial charge < -0.3 is 4.90 Å². The monoisotopic (exact) mass is 415 g/mol. The fraction of sp³-hybridized carbons (Fsp3) is 0.300. The van der Waals surface area contributed by atoms with Crippen molar-refractivity contribution in [2.24, 2.45) is 4.99 Å². The lowest BCUT2D eigenvalue weighted by Gasteiger charge is -2.23. The van der Waals surface area contributed by atoms with Gasteiger partial charge in [-0.1, -0.05) is 37.3 Å². The van der Waals surface area contributed by atoms with Crippen LogP contribution in [0, 0.1) is 10.1 Å². The number of nitro groups is 1. The molecule has 0 saturated carbocycles. The second-order valence-electron chi connectivity index (χ2n) is 6.69. The van der Waals surface area contributed by atoms with E-state index in [1.165, 1.54) is 23.1 Å². The summed E-state index contributed by atoms with van der Waals surface area (Å²) in [6, 6.07) is 13.3.